The fourth-order valence-electron chi connectivity index (χ4n) is 4.07. The molecule has 1 aliphatic rings. The van der Waals surface area contributed by atoms with Crippen LogP contribution in [0.3, 0.4) is 0 Å². The van der Waals surface area contributed by atoms with Crippen LogP contribution in [0.4, 0.5) is 13.2 Å². The highest BCUT2D eigenvalue weighted by Crippen LogP contribution is 2.31. The van der Waals surface area contributed by atoms with E-state index in [1.165, 1.54) is 12.1 Å². The zero-order chi connectivity index (χ0) is 22.1. The summed E-state index contributed by atoms with van der Waals surface area (Å²) in [5, 5.41) is 4.36. The maximum absolute atomic E-state index is 13.0. The molecular formula is C22H26F3N3O2. The van der Waals surface area contributed by atoms with E-state index in [-0.39, 0.29) is 23.8 Å². The Bertz CT molecular complexity index is 950. The van der Waals surface area contributed by atoms with Gasteiger partial charge in [0.1, 0.15) is 0 Å². The topological polar surface area (TPSA) is 55.2 Å². The van der Waals surface area contributed by atoms with E-state index < -0.39 is 17.7 Å². The lowest BCUT2D eigenvalue weighted by Gasteiger charge is -2.32. The quantitative estimate of drug-likeness (QED) is 0.683. The van der Waals surface area contributed by atoms with Gasteiger partial charge in [0.05, 0.1) is 11.3 Å². The first-order chi connectivity index (χ1) is 14.1. The molecule has 1 saturated heterocycles. The van der Waals surface area contributed by atoms with Gasteiger partial charge in [-0.2, -0.15) is 18.3 Å². The predicted molar refractivity (Wildman–Crippen MR) is 106 cm³/mol. The minimum atomic E-state index is -4.49. The Morgan fingerprint density at radius 3 is 2.60 bits per heavy atom. The van der Waals surface area contributed by atoms with E-state index in [0.29, 0.717) is 32.2 Å². The molecule has 2 aromatic rings. The van der Waals surface area contributed by atoms with Gasteiger partial charge in [0.25, 0.3) is 0 Å². The minimum absolute atomic E-state index is 0.0424. The van der Waals surface area contributed by atoms with Crippen LogP contribution in [-0.4, -0.2) is 39.5 Å². The third-order valence-electron chi connectivity index (χ3n) is 5.87. The highest BCUT2D eigenvalue weighted by atomic mass is 19.4. The third-order valence-corrected chi connectivity index (χ3v) is 5.87. The Kier molecular flexibility index (Phi) is 6.33. The molecule has 0 spiro atoms. The van der Waals surface area contributed by atoms with Gasteiger partial charge in [-0.15, -0.1) is 0 Å². The molecular weight excluding hydrogens is 395 g/mol. The lowest BCUT2D eigenvalue weighted by Crippen LogP contribution is -2.42. The van der Waals surface area contributed by atoms with Crippen LogP contribution in [0.2, 0.25) is 0 Å². The summed E-state index contributed by atoms with van der Waals surface area (Å²) < 4.78 is 40.7. The molecule has 0 saturated carbocycles. The van der Waals surface area contributed by atoms with E-state index in [0.717, 1.165) is 29.1 Å². The van der Waals surface area contributed by atoms with Crippen LogP contribution in [0.1, 0.15) is 52.1 Å². The van der Waals surface area contributed by atoms with E-state index >= 15 is 0 Å². The first-order valence-corrected chi connectivity index (χ1v) is 10.1. The van der Waals surface area contributed by atoms with Crippen LogP contribution in [-0.2, 0) is 24.4 Å². The molecule has 162 valence electrons. The molecule has 30 heavy (non-hydrogen) atoms. The van der Waals surface area contributed by atoms with Crippen molar-refractivity contribution in [3.8, 4) is 0 Å². The summed E-state index contributed by atoms with van der Waals surface area (Å²) >= 11 is 0. The van der Waals surface area contributed by atoms with Gasteiger partial charge in [-0.25, -0.2) is 0 Å². The first kappa shape index (κ1) is 22.1. The normalized spacial score (nSPS) is 17.3. The van der Waals surface area contributed by atoms with Gasteiger partial charge in [-0.3, -0.25) is 14.3 Å². The zero-order valence-corrected chi connectivity index (χ0v) is 17.4. The molecule has 0 N–H and O–H groups in total. The third kappa shape index (κ3) is 4.74. The van der Waals surface area contributed by atoms with Crippen molar-refractivity contribution in [2.75, 3.05) is 13.1 Å². The van der Waals surface area contributed by atoms with Gasteiger partial charge in [-0.05, 0) is 50.8 Å². The second kappa shape index (κ2) is 8.62. The number of piperidine rings is 1. The number of Topliss-reactive ketones (excluding diaryl/α,β-unsaturated/α-hetero) is 1. The number of benzene rings is 1. The molecule has 0 aliphatic carbocycles. The fourth-order valence-corrected chi connectivity index (χ4v) is 4.07. The molecule has 1 aliphatic heterocycles. The van der Waals surface area contributed by atoms with Gasteiger partial charge in [0, 0.05) is 43.7 Å². The molecule has 0 unspecified atom stereocenters. The maximum Gasteiger partial charge on any atom is 0.416 e. The Morgan fingerprint density at radius 1 is 1.23 bits per heavy atom. The Morgan fingerprint density at radius 2 is 1.97 bits per heavy atom. The summed E-state index contributed by atoms with van der Waals surface area (Å²) in [5.41, 5.74) is 2.19. The number of nitrogens with zero attached hydrogens (tertiary/aromatic N) is 3. The van der Waals surface area contributed by atoms with E-state index in [2.05, 4.69) is 5.10 Å². The summed E-state index contributed by atoms with van der Waals surface area (Å²) in [4.78, 5) is 27.2. The van der Waals surface area contributed by atoms with E-state index in [1.54, 1.807) is 9.58 Å². The Hall–Kier alpha value is -2.64. The van der Waals surface area contributed by atoms with Crippen LogP contribution in [0, 0.1) is 19.8 Å². The smallest absolute Gasteiger partial charge is 0.342 e. The van der Waals surface area contributed by atoms with E-state index in [4.69, 9.17) is 0 Å². The number of likely N-dealkylation sites (tertiary alicyclic amines) is 1. The number of hydrogen-bond donors (Lipinski definition) is 0. The zero-order valence-electron chi connectivity index (χ0n) is 17.4. The number of rotatable bonds is 5. The van der Waals surface area contributed by atoms with Crippen LogP contribution in [0.5, 0.6) is 0 Å². The fraction of sp³-hybridized carbons (Fsp3) is 0.500. The SMILES string of the molecule is Cc1nn(C)c(C)c1CCC(=O)N1CCC[C@@H](C(=O)c2cccc(C(F)(F)F)c2)C1. The van der Waals surface area contributed by atoms with Crippen molar-refractivity contribution in [2.45, 2.75) is 45.7 Å². The number of halogens is 3. The van der Waals surface area contributed by atoms with Crippen molar-refractivity contribution < 1.29 is 22.8 Å². The van der Waals surface area contributed by atoms with Crippen molar-refractivity contribution in [3.05, 3.63) is 52.3 Å². The number of ketones is 1. The molecule has 0 radical (unpaired) electrons. The molecule has 2 heterocycles. The summed E-state index contributed by atoms with van der Waals surface area (Å²) in [6.07, 6.45) is -2.37. The molecule has 1 aromatic carbocycles. The lowest BCUT2D eigenvalue weighted by molar-refractivity contribution is -0.137. The van der Waals surface area contributed by atoms with Gasteiger partial charge in [0.2, 0.25) is 5.91 Å². The molecule has 1 aromatic heterocycles. The highest BCUT2D eigenvalue weighted by Gasteiger charge is 2.33. The van der Waals surface area contributed by atoms with Gasteiger partial charge < -0.3 is 4.90 Å². The summed E-state index contributed by atoms with van der Waals surface area (Å²) in [7, 11) is 1.86. The summed E-state index contributed by atoms with van der Waals surface area (Å²) in [6.45, 7) is 4.69. The number of aryl methyl sites for hydroxylation is 2. The molecule has 5 nitrogen and oxygen atoms in total. The molecule has 8 heteroatoms. The Labute approximate surface area is 173 Å². The molecule has 3 rings (SSSR count). The van der Waals surface area contributed by atoms with E-state index in [9.17, 15) is 22.8 Å². The molecule has 1 atom stereocenters. The van der Waals surface area contributed by atoms with Crippen molar-refractivity contribution in [2.24, 2.45) is 13.0 Å². The average molecular weight is 421 g/mol. The van der Waals surface area contributed by atoms with Crippen molar-refractivity contribution in [1.82, 2.24) is 14.7 Å². The molecule has 1 amide bonds. The number of hydrogen-bond acceptors (Lipinski definition) is 3. The average Bonchev–Trinajstić information content (AvgIpc) is 2.96. The van der Waals surface area contributed by atoms with Gasteiger partial charge in [0.15, 0.2) is 5.78 Å². The van der Waals surface area contributed by atoms with Crippen LogP contribution < -0.4 is 0 Å². The number of carbonyl (C=O) groups excluding carboxylic acids is 2. The van der Waals surface area contributed by atoms with Gasteiger partial charge >= 0.3 is 6.18 Å². The van der Waals surface area contributed by atoms with Crippen LogP contribution >= 0.6 is 0 Å². The number of alkyl halides is 3. The Balaban J connectivity index is 1.65. The molecule has 0 bridgehead atoms. The number of carbonyl (C=O) groups is 2. The molecule has 1 fully saturated rings. The maximum atomic E-state index is 13.0. The predicted octanol–water partition coefficient (Wildman–Crippen LogP) is 4.11. The minimum Gasteiger partial charge on any atom is -0.342 e. The first-order valence-electron chi connectivity index (χ1n) is 10.1. The lowest BCUT2D eigenvalue weighted by atomic mass is 9.89. The summed E-state index contributed by atoms with van der Waals surface area (Å²) in [6, 6.07) is 4.51. The number of aromatic nitrogens is 2. The highest BCUT2D eigenvalue weighted by molar-refractivity contribution is 5.98. The van der Waals surface area contributed by atoms with Crippen LogP contribution in [0.15, 0.2) is 24.3 Å². The van der Waals surface area contributed by atoms with Crippen LogP contribution in [0.25, 0.3) is 0 Å². The van der Waals surface area contributed by atoms with Crippen molar-refractivity contribution in [1.29, 1.82) is 0 Å². The van der Waals surface area contributed by atoms with Crippen molar-refractivity contribution >= 4 is 11.7 Å². The van der Waals surface area contributed by atoms with Gasteiger partial charge in [-0.1, -0.05) is 12.1 Å². The summed E-state index contributed by atoms with van der Waals surface area (Å²) in [5.74, 6) is -0.857. The standard InChI is InChI=1S/C22H26F3N3O2/c1-14-19(15(2)27(3)26-14)9-10-20(29)28-11-5-7-17(13-28)21(30)16-6-4-8-18(12-16)22(23,24)25/h4,6,8,12,17H,5,7,9-11,13H2,1-3H3/t17-/m1/s1. The monoisotopic (exact) mass is 421 g/mol. The number of amides is 1. The van der Waals surface area contributed by atoms with Crippen molar-refractivity contribution in [3.63, 3.8) is 0 Å². The second-order valence-corrected chi connectivity index (χ2v) is 7.89. The second-order valence-electron chi connectivity index (χ2n) is 7.89. The largest absolute Gasteiger partial charge is 0.416 e. The van der Waals surface area contributed by atoms with E-state index in [1.807, 2.05) is 20.9 Å².